The summed E-state index contributed by atoms with van der Waals surface area (Å²) < 4.78 is 0. The second-order valence-electron chi connectivity index (χ2n) is 5.74. The number of nitrogens with zero attached hydrogens (tertiary/aromatic N) is 1. The van der Waals surface area contributed by atoms with Crippen LogP contribution in [0.15, 0.2) is 0 Å². The van der Waals surface area contributed by atoms with Crippen LogP contribution in [0.2, 0.25) is 0 Å². The van der Waals surface area contributed by atoms with Crippen molar-refractivity contribution >= 4 is 11.8 Å². The highest BCUT2D eigenvalue weighted by atomic mass is 16.2. The lowest BCUT2D eigenvalue weighted by atomic mass is 9.93. The van der Waals surface area contributed by atoms with E-state index in [1.165, 1.54) is 6.42 Å². The predicted molar refractivity (Wildman–Crippen MR) is 65.4 cm³/mol. The van der Waals surface area contributed by atoms with Gasteiger partial charge in [-0.3, -0.25) is 9.59 Å². The third kappa shape index (κ3) is 2.17. The van der Waals surface area contributed by atoms with Crippen LogP contribution < -0.4 is 5.32 Å². The van der Waals surface area contributed by atoms with E-state index in [0.29, 0.717) is 12.3 Å². The fourth-order valence-corrected chi connectivity index (χ4v) is 2.94. The van der Waals surface area contributed by atoms with E-state index in [9.17, 15) is 9.59 Å². The summed E-state index contributed by atoms with van der Waals surface area (Å²) in [6.45, 7) is 6.23. The Kier molecular flexibility index (Phi) is 3.15. The molecule has 4 nitrogen and oxygen atoms in total. The molecule has 0 aromatic heterocycles. The van der Waals surface area contributed by atoms with Crippen LogP contribution >= 0.6 is 0 Å². The maximum atomic E-state index is 12.4. The highest BCUT2D eigenvalue weighted by molar-refractivity contribution is 5.97. The van der Waals surface area contributed by atoms with Gasteiger partial charge in [0, 0.05) is 6.04 Å². The minimum Gasteiger partial charge on any atom is -0.340 e. The van der Waals surface area contributed by atoms with Gasteiger partial charge >= 0.3 is 0 Å². The maximum Gasteiger partial charge on any atom is 0.248 e. The Morgan fingerprint density at radius 2 is 2.12 bits per heavy atom. The van der Waals surface area contributed by atoms with E-state index in [2.05, 4.69) is 12.2 Å². The summed E-state index contributed by atoms with van der Waals surface area (Å²) in [5.41, 5.74) is -0.693. The molecule has 1 saturated carbocycles. The first-order chi connectivity index (χ1) is 7.96. The zero-order valence-corrected chi connectivity index (χ0v) is 11.0. The molecule has 2 amide bonds. The Morgan fingerprint density at radius 1 is 1.41 bits per heavy atom. The molecule has 2 fully saturated rings. The van der Waals surface area contributed by atoms with Crippen molar-refractivity contribution in [2.75, 3.05) is 6.54 Å². The number of nitrogens with one attached hydrogen (secondary N) is 1. The van der Waals surface area contributed by atoms with Crippen molar-refractivity contribution in [3.63, 3.8) is 0 Å². The number of rotatable bonds is 2. The van der Waals surface area contributed by atoms with Crippen LogP contribution in [0.1, 0.15) is 46.5 Å². The Morgan fingerprint density at radius 3 is 2.65 bits per heavy atom. The SMILES string of the molecule is CCC1(C)NC(=O)CN(C2CCC(C)C2)C1=O. The van der Waals surface area contributed by atoms with Crippen LogP contribution in [0.3, 0.4) is 0 Å². The van der Waals surface area contributed by atoms with Gasteiger partial charge in [0.05, 0.1) is 6.54 Å². The molecule has 0 aromatic carbocycles. The Hall–Kier alpha value is -1.06. The molecule has 3 atom stereocenters. The smallest absolute Gasteiger partial charge is 0.248 e. The molecule has 0 spiro atoms. The van der Waals surface area contributed by atoms with E-state index in [0.717, 1.165) is 12.8 Å². The molecule has 1 heterocycles. The first-order valence-corrected chi connectivity index (χ1v) is 6.58. The van der Waals surface area contributed by atoms with Gasteiger partial charge in [0.1, 0.15) is 5.54 Å². The standard InChI is InChI=1S/C13H22N2O2/c1-4-13(3)12(17)15(8-11(16)14-13)10-6-5-9(2)7-10/h9-10H,4-8H2,1-3H3,(H,14,16). The van der Waals surface area contributed by atoms with Gasteiger partial charge in [0.15, 0.2) is 0 Å². The zero-order valence-electron chi connectivity index (χ0n) is 11.0. The average Bonchev–Trinajstić information content (AvgIpc) is 2.70. The number of piperazine rings is 1. The van der Waals surface area contributed by atoms with E-state index < -0.39 is 5.54 Å². The molecule has 1 saturated heterocycles. The molecule has 1 aliphatic carbocycles. The number of carbonyl (C=O) groups is 2. The third-order valence-corrected chi connectivity index (χ3v) is 4.28. The van der Waals surface area contributed by atoms with Gasteiger partial charge in [-0.25, -0.2) is 0 Å². The first kappa shape index (κ1) is 12.4. The van der Waals surface area contributed by atoms with Crippen LogP contribution in [-0.4, -0.2) is 34.8 Å². The summed E-state index contributed by atoms with van der Waals surface area (Å²) in [5.74, 6) is 0.748. The minimum atomic E-state index is -0.693. The van der Waals surface area contributed by atoms with Crippen LogP contribution in [0.25, 0.3) is 0 Å². The quantitative estimate of drug-likeness (QED) is 0.788. The van der Waals surface area contributed by atoms with Crippen molar-refractivity contribution in [2.24, 2.45) is 5.92 Å². The second-order valence-corrected chi connectivity index (χ2v) is 5.74. The van der Waals surface area contributed by atoms with Crippen molar-refractivity contribution < 1.29 is 9.59 Å². The van der Waals surface area contributed by atoms with E-state index in [1.54, 1.807) is 0 Å². The van der Waals surface area contributed by atoms with Gasteiger partial charge in [0.2, 0.25) is 11.8 Å². The average molecular weight is 238 g/mol. The molecule has 3 unspecified atom stereocenters. The number of carbonyl (C=O) groups excluding carboxylic acids is 2. The van der Waals surface area contributed by atoms with Crippen molar-refractivity contribution in [1.82, 2.24) is 10.2 Å². The summed E-state index contributed by atoms with van der Waals surface area (Å²) in [6.07, 6.45) is 3.90. The van der Waals surface area contributed by atoms with E-state index in [4.69, 9.17) is 0 Å². The van der Waals surface area contributed by atoms with Gasteiger partial charge in [-0.1, -0.05) is 13.8 Å². The lowest BCUT2D eigenvalue weighted by Crippen LogP contribution is -2.66. The predicted octanol–water partition coefficient (Wildman–Crippen LogP) is 1.30. The maximum absolute atomic E-state index is 12.4. The monoisotopic (exact) mass is 238 g/mol. The molecule has 1 N–H and O–H groups in total. The van der Waals surface area contributed by atoms with E-state index >= 15 is 0 Å². The summed E-state index contributed by atoms with van der Waals surface area (Å²) in [7, 11) is 0. The molecule has 0 aromatic rings. The lowest BCUT2D eigenvalue weighted by molar-refractivity contribution is -0.151. The highest BCUT2D eigenvalue weighted by Gasteiger charge is 2.44. The topological polar surface area (TPSA) is 49.4 Å². The largest absolute Gasteiger partial charge is 0.340 e. The Labute approximate surface area is 103 Å². The summed E-state index contributed by atoms with van der Waals surface area (Å²) in [6, 6.07) is 0.273. The van der Waals surface area contributed by atoms with Gasteiger partial charge < -0.3 is 10.2 Å². The van der Waals surface area contributed by atoms with Gasteiger partial charge in [-0.2, -0.15) is 0 Å². The Balaban J connectivity index is 2.16. The minimum absolute atomic E-state index is 0.0199. The molecule has 1 aliphatic heterocycles. The second kappa shape index (κ2) is 4.31. The van der Waals surface area contributed by atoms with E-state index in [-0.39, 0.29) is 24.4 Å². The van der Waals surface area contributed by atoms with Crippen LogP contribution in [-0.2, 0) is 9.59 Å². The van der Waals surface area contributed by atoms with Gasteiger partial charge in [-0.05, 0) is 38.5 Å². The summed E-state index contributed by atoms with van der Waals surface area (Å²) >= 11 is 0. The zero-order chi connectivity index (χ0) is 12.6. The summed E-state index contributed by atoms with van der Waals surface area (Å²) in [5, 5.41) is 2.83. The number of hydrogen-bond donors (Lipinski definition) is 1. The normalized spacial score (nSPS) is 38.4. The van der Waals surface area contributed by atoms with Crippen molar-refractivity contribution in [2.45, 2.75) is 58.0 Å². The molecule has 4 heteroatoms. The molecule has 2 rings (SSSR count). The van der Waals surface area contributed by atoms with Gasteiger partial charge in [-0.15, -0.1) is 0 Å². The molecule has 0 bridgehead atoms. The molecular formula is C13H22N2O2. The summed E-state index contributed by atoms with van der Waals surface area (Å²) in [4.78, 5) is 26.0. The molecule has 2 aliphatic rings. The lowest BCUT2D eigenvalue weighted by Gasteiger charge is -2.42. The molecular weight excluding hydrogens is 216 g/mol. The number of hydrogen-bond acceptors (Lipinski definition) is 2. The number of amides is 2. The fraction of sp³-hybridized carbons (Fsp3) is 0.846. The van der Waals surface area contributed by atoms with Crippen molar-refractivity contribution in [3.8, 4) is 0 Å². The van der Waals surface area contributed by atoms with Crippen LogP contribution in [0.5, 0.6) is 0 Å². The van der Waals surface area contributed by atoms with Gasteiger partial charge in [0.25, 0.3) is 0 Å². The van der Waals surface area contributed by atoms with Crippen LogP contribution in [0.4, 0.5) is 0 Å². The third-order valence-electron chi connectivity index (χ3n) is 4.28. The first-order valence-electron chi connectivity index (χ1n) is 6.58. The van der Waals surface area contributed by atoms with Crippen LogP contribution in [0, 0.1) is 5.92 Å². The Bertz CT molecular complexity index is 342. The highest BCUT2D eigenvalue weighted by Crippen LogP contribution is 2.31. The fourth-order valence-electron chi connectivity index (χ4n) is 2.94. The molecule has 0 radical (unpaired) electrons. The van der Waals surface area contributed by atoms with Crippen molar-refractivity contribution in [3.05, 3.63) is 0 Å². The van der Waals surface area contributed by atoms with E-state index in [1.807, 2.05) is 18.7 Å². The molecule has 96 valence electrons. The molecule has 17 heavy (non-hydrogen) atoms. The van der Waals surface area contributed by atoms with Crippen molar-refractivity contribution in [1.29, 1.82) is 0 Å².